The Morgan fingerprint density at radius 2 is 2.13 bits per heavy atom. The molecular weight excluding hydrogens is 334 g/mol. The van der Waals surface area contributed by atoms with E-state index in [1.165, 1.54) is 23.1 Å². The van der Waals surface area contributed by atoms with Crippen molar-refractivity contribution in [1.82, 2.24) is 10.2 Å². The molecule has 0 saturated heterocycles. The molecule has 1 N–H and O–H groups in total. The maximum atomic E-state index is 12.5. The SMILES string of the molecule is CCC(Sc1nnc(C)s1)C(=O)Nc1ccc(OC)cc1OC. The molecule has 23 heavy (non-hydrogen) atoms. The fourth-order valence-electron chi connectivity index (χ4n) is 1.88. The van der Waals surface area contributed by atoms with E-state index in [-0.39, 0.29) is 11.2 Å². The number of amides is 1. The molecule has 0 bridgehead atoms. The summed E-state index contributed by atoms with van der Waals surface area (Å²) in [6.07, 6.45) is 0.688. The Labute approximate surface area is 143 Å². The molecule has 1 aromatic carbocycles. The van der Waals surface area contributed by atoms with Gasteiger partial charge in [-0.2, -0.15) is 0 Å². The minimum absolute atomic E-state index is 0.0891. The number of benzene rings is 1. The van der Waals surface area contributed by atoms with E-state index in [0.717, 1.165) is 9.35 Å². The summed E-state index contributed by atoms with van der Waals surface area (Å²) >= 11 is 2.91. The average molecular weight is 353 g/mol. The van der Waals surface area contributed by atoms with Gasteiger partial charge in [0.1, 0.15) is 16.5 Å². The highest BCUT2D eigenvalue weighted by Gasteiger charge is 2.21. The molecule has 0 aliphatic carbocycles. The van der Waals surface area contributed by atoms with Gasteiger partial charge in [-0.3, -0.25) is 4.79 Å². The fraction of sp³-hybridized carbons (Fsp3) is 0.400. The van der Waals surface area contributed by atoms with Crippen LogP contribution in [-0.4, -0.2) is 35.6 Å². The van der Waals surface area contributed by atoms with Crippen molar-refractivity contribution in [2.45, 2.75) is 29.9 Å². The van der Waals surface area contributed by atoms with Crippen molar-refractivity contribution < 1.29 is 14.3 Å². The van der Waals surface area contributed by atoms with Gasteiger partial charge >= 0.3 is 0 Å². The third kappa shape index (κ3) is 4.59. The van der Waals surface area contributed by atoms with Gasteiger partial charge in [0.2, 0.25) is 5.91 Å². The van der Waals surface area contributed by atoms with Crippen LogP contribution >= 0.6 is 23.1 Å². The first-order chi connectivity index (χ1) is 11.1. The van der Waals surface area contributed by atoms with Crippen molar-refractivity contribution in [1.29, 1.82) is 0 Å². The molecule has 1 heterocycles. The van der Waals surface area contributed by atoms with Gasteiger partial charge in [0.15, 0.2) is 4.34 Å². The van der Waals surface area contributed by atoms with Gasteiger partial charge < -0.3 is 14.8 Å². The topological polar surface area (TPSA) is 73.3 Å². The standard InChI is InChI=1S/C15H19N3O3S2/c1-5-13(23-15-18-17-9(2)22-15)14(19)16-11-7-6-10(20-3)8-12(11)21-4/h6-8,13H,5H2,1-4H3,(H,16,19). The van der Waals surface area contributed by atoms with Gasteiger partial charge in [0.05, 0.1) is 25.2 Å². The van der Waals surface area contributed by atoms with E-state index < -0.39 is 0 Å². The minimum Gasteiger partial charge on any atom is -0.497 e. The third-order valence-corrected chi connectivity index (χ3v) is 5.37. The number of hydrogen-bond donors (Lipinski definition) is 1. The summed E-state index contributed by atoms with van der Waals surface area (Å²) < 4.78 is 11.3. The zero-order valence-corrected chi connectivity index (χ0v) is 15.1. The largest absolute Gasteiger partial charge is 0.497 e. The van der Waals surface area contributed by atoms with Gasteiger partial charge in [0.25, 0.3) is 0 Å². The van der Waals surface area contributed by atoms with E-state index >= 15 is 0 Å². The first-order valence-corrected chi connectivity index (χ1v) is 8.76. The lowest BCUT2D eigenvalue weighted by Gasteiger charge is -2.15. The number of nitrogens with zero attached hydrogens (tertiary/aromatic N) is 2. The van der Waals surface area contributed by atoms with E-state index in [2.05, 4.69) is 15.5 Å². The first kappa shape index (κ1) is 17.6. The number of nitrogens with one attached hydrogen (secondary N) is 1. The smallest absolute Gasteiger partial charge is 0.238 e. The Bertz CT molecular complexity index is 676. The van der Waals surface area contributed by atoms with Crippen LogP contribution in [0.4, 0.5) is 5.69 Å². The maximum Gasteiger partial charge on any atom is 0.238 e. The first-order valence-electron chi connectivity index (χ1n) is 7.07. The highest BCUT2D eigenvalue weighted by molar-refractivity contribution is 8.02. The molecule has 1 atom stereocenters. The van der Waals surface area contributed by atoms with Crippen molar-refractivity contribution in [2.75, 3.05) is 19.5 Å². The number of carbonyl (C=O) groups excluding carboxylic acids is 1. The number of carbonyl (C=O) groups is 1. The zero-order valence-electron chi connectivity index (χ0n) is 13.5. The second-order valence-electron chi connectivity index (χ2n) is 4.66. The molecule has 0 fully saturated rings. The van der Waals surface area contributed by atoms with Crippen LogP contribution in [0.2, 0.25) is 0 Å². The van der Waals surface area contributed by atoms with Crippen LogP contribution in [0.15, 0.2) is 22.5 Å². The van der Waals surface area contributed by atoms with Crippen molar-refractivity contribution in [3.05, 3.63) is 23.2 Å². The minimum atomic E-state index is -0.242. The van der Waals surface area contributed by atoms with Gasteiger partial charge in [-0.1, -0.05) is 30.0 Å². The van der Waals surface area contributed by atoms with Crippen molar-refractivity contribution in [3.8, 4) is 11.5 Å². The molecule has 6 nitrogen and oxygen atoms in total. The molecule has 2 rings (SSSR count). The Hall–Kier alpha value is -1.80. The maximum absolute atomic E-state index is 12.5. The molecule has 1 aromatic heterocycles. The summed E-state index contributed by atoms with van der Waals surface area (Å²) in [6.45, 7) is 3.86. The van der Waals surface area contributed by atoms with E-state index in [4.69, 9.17) is 9.47 Å². The van der Waals surface area contributed by atoms with Gasteiger partial charge in [-0.15, -0.1) is 10.2 Å². The predicted molar refractivity (Wildman–Crippen MR) is 92.8 cm³/mol. The highest BCUT2D eigenvalue weighted by atomic mass is 32.2. The molecule has 0 aliphatic heterocycles. The number of aryl methyl sites for hydroxylation is 1. The monoisotopic (exact) mass is 353 g/mol. The molecule has 0 spiro atoms. The Morgan fingerprint density at radius 3 is 2.70 bits per heavy atom. The number of thioether (sulfide) groups is 1. The fourth-order valence-corrected chi connectivity index (χ4v) is 3.87. The number of methoxy groups -OCH3 is 2. The van der Waals surface area contributed by atoms with Crippen molar-refractivity contribution in [2.24, 2.45) is 0 Å². The Morgan fingerprint density at radius 1 is 1.35 bits per heavy atom. The number of anilines is 1. The van der Waals surface area contributed by atoms with Crippen molar-refractivity contribution in [3.63, 3.8) is 0 Å². The van der Waals surface area contributed by atoms with E-state index in [1.54, 1.807) is 32.4 Å². The van der Waals surface area contributed by atoms with Crippen LogP contribution in [0.3, 0.4) is 0 Å². The highest BCUT2D eigenvalue weighted by Crippen LogP contribution is 2.32. The number of ether oxygens (including phenoxy) is 2. The van der Waals surface area contributed by atoms with Crippen LogP contribution in [0, 0.1) is 6.92 Å². The quantitative estimate of drug-likeness (QED) is 0.769. The lowest BCUT2D eigenvalue weighted by Crippen LogP contribution is -2.24. The summed E-state index contributed by atoms with van der Waals surface area (Å²) in [5.41, 5.74) is 0.616. The molecular formula is C15H19N3O3S2. The summed E-state index contributed by atoms with van der Waals surface area (Å²) in [4.78, 5) is 12.5. The summed E-state index contributed by atoms with van der Waals surface area (Å²) in [7, 11) is 3.14. The summed E-state index contributed by atoms with van der Waals surface area (Å²) in [6, 6.07) is 5.28. The number of rotatable bonds is 7. The molecule has 8 heteroatoms. The van der Waals surface area contributed by atoms with Gasteiger partial charge in [-0.25, -0.2) is 0 Å². The third-order valence-electron chi connectivity index (χ3n) is 3.08. The molecule has 0 aliphatic rings. The lowest BCUT2D eigenvalue weighted by molar-refractivity contribution is -0.115. The Balaban J connectivity index is 2.09. The van der Waals surface area contributed by atoms with E-state index in [9.17, 15) is 4.79 Å². The molecule has 124 valence electrons. The van der Waals surface area contributed by atoms with Crippen LogP contribution in [-0.2, 0) is 4.79 Å². The molecule has 2 aromatic rings. The lowest BCUT2D eigenvalue weighted by atomic mass is 10.2. The van der Waals surface area contributed by atoms with Gasteiger partial charge in [-0.05, 0) is 25.5 Å². The van der Waals surface area contributed by atoms with Crippen LogP contribution in [0.25, 0.3) is 0 Å². The van der Waals surface area contributed by atoms with E-state index in [1.807, 2.05) is 13.8 Å². The van der Waals surface area contributed by atoms with Crippen LogP contribution < -0.4 is 14.8 Å². The van der Waals surface area contributed by atoms with Crippen LogP contribution in [0.5, 0.6) is 11.5 Å². The zero-order chi connectivity index (χ0) is 16.8. The molecule has 0 radical (unpaired) electrons. The van der Waals surface area contributed by atoms with E-state index in [0.29, 0.717) is 23.6 Å². The predicted octanol–water partition coefficient (Wildman–Crippen LogP) is 3.37. The Kier molecular flexibility index (Phi) is 6.23. The second kappa shape index (κ2) is 8.16. The van der Waals surface area contributed by atoms with Crippen LogP contribution in [0.1, 0.15) is 18.4 Å². The van der Waals surface area contributed by atoms with Gasteiger partial charge in [0, 0.05) is 6.07 Å². The number of aromatic nitrogens is 2. The normalized spacial score (nSPS) is 11.8. The summed E-state index contributed by atoms with van der Waals surface area (Å²) in [5.74, 6) is 1.14. The second-order valence-corrected chi connectivity index (χ2v) is 7.29. The molecule has 1 unspecified atom stereocenters. The van der Waals surface area contributed by atoms with Crippen molar-refractivity contribution >= 4 is 34.7 Å². The molecule has 1 amide bonds. The number of hydrogen-bond acceptors (Lipinski definition) is 7. The average Bonchev–Trinajstić information content (AvgIpc) is 2.97. The molecule has 0 saturated carbocycles. The summed E-state index contributed by atoms with van der Waals surface area (Å²) in [5, 5.41) is 11.6.